The number of piperidine rings is 3. The normalized spacial score (nSPS) is 33.0. The number of benzene rings is 1. The summed E-state index contributed by atoms with van der Waals surface area (Å²) in [7, 11) is 0. The van der Waals surface area contributed by atoms with Crippen LogP contribution in [0.5, 0.6) is 11.6 Å². The van der Waals surface area contributed by atoms with Crippen LogP contribution in [0.3, 0.4) is 0 Å². The quantitative estimate of drug-likeness (QED) is 0.467. The highest BCUT2D eigenvalue weighted by molar-refractivity contribution is 5.93. The Hall–Kier alpha value is -2.85. The van der Waals surface area contributed by atoms with Gasteiger partial charge < -0.3 is 24.8 Å². The van der Waals surface area contributed by atoms with E-state index in [1.165, 1.54) is 0 Å². The van der Waals surface area contributed by atoms with E-state index in [0.717, 1.165) is 25.9 Å². The fourth-order valence-corrected chi connectivity index (χ4v) is 5.13. The molecule has 4 aliphatic rings. The summed E-state index contributed by atoms with van der Waals surface area (Å²) in [6, 6.07) is 6.70. The van der Waals surface area contributed by atoms with Gasteiger partial charge in [-0.05, 0) is 37.3 Å². The molecule has 0 saturated carbocycles. The third-order valence-corrected chi connectivity index (χ3v) is 6.85. The van der Waals surface area contributed by atoms with Crippen LogP contribution in [0.4, 0.5) is 0 Å². The van der Waals surface area contributed by atoms with E-state index in [1.54, 1.807) is 24.3 Å². The Labute approximate surface area is 183 Å². The Morgan fingerprint density at radius 2 is 1.88 bits per heavy atom. The summed E-state index contributed by atoms with van der Waals surface area (Å²) < 4.78 is 10.5. The van der Waals surface area contributed by atoms with Crippen molar-refractivity contribution in [3.05, 3.63) is 42.5 Å². The van der Waals surface area contributed by atoms with Crippen molar-refractivity contribution in [1.29, 1.82) is 0 Å². The fourth-order valence-electron chi connectivity index (χ4n) is 5.13. The number of aliphatic hydroxyl groups is 3. The summed E-state index contributed by atoms with van der Waals surface area (Å²) in [4.78, 5) is 31.1. The zero-order valence-corrected chi connectivity index (χ0v) is 17.3. The highest BCUT2D eigenvalue weighted by atomic mass is 16.6. The fraction of sp³-hybridized carbons (Fsp3) is 0.435. The number of nitrogens with zero attached hydrogens (tertiary/aromatic N) is 2. The number of pyridine rings is 1. The molecule has 0 amide bonds. The lowest BCUT2D eigenvalue weighted by Crippen LogP contribution is -2.55. The van der Waals surface area contributed by atoms with E-state index in [1.807, 2.05) is 6.08 Å². The van der Waals surface area contributed by atoms with E-state index in [9.17, 15) is 24.9 Å². The van der Waals surface area contributed by atoms with Crippen LogP contribution in [0, 0.1) is 11.8 Å². The highest BCUT2D eigenvalue weighted by Gasteiger charge is 2.45. The molecule has 1 aromatic heterocycles. The first-order valence-electron chi connectivity index (χ1n) is 10.7. The van der Waals surface area contributed by atoms with Gasteiger partial charge in [0.05, 0.1) is 11.6 Å². The molecule has 7 atom stereocenters. The van der Waals surface area contributed by atoms with Gasteiger partial charge in [0.1, 0.15) is 0 Å². The predicted octanol–water partition coefficient (Wildman–Crippen LogP) is 0.711. The average Bonchev–Trinajstić information content (AvgIpc) is 2.82. The molecule has 9 heteroatoms. The van der Waals surface area contributed by atoms with E-state index in [2.05, 4.69) is 16.5 Å². The Kier molecular flexibility index (Phi) is 5.21. The van der Waals surface area contributed by atoms with E-state index in [0.29, 0.717) is 22.7 Å². The predicted molar refractivity (Wildman–Crippen MR) is 112 cm³/mol. The molecule has 3 unspecified atom stereocenters. The lowest BCUT2D eigenvalue weighted by molar-refractivity contribution is -0.165. The summed E-state index contributed by atoms with van der Waals surface area (Å²) in [5, 5.41) is 31.9. The molecule has 4 aliphatic heterocycles. The number of aromatic nitrogens is 1. The summed E-state index contributed by atoms with van der Waals surface area (Å²) in [6.07, 6.45) is -1.57. The van der Waals surface area contributed by atoms with Crippen molar-refractivity contribution in [3.63, 3.8) is 0 Å². The van der Waals surface area contributed by atoms with Crippen molar-refractivity contribution >= 4 is 22.8 Å². The number of rotatable bonds is 3. The SMILES string of the molecule is C=C[C@@H]1CN2CC[C@H]1C[C@H]2[C@H](O)c1c2c(nc3ccccc13)OC(=O)C(O)C(O)C(=O)O2. The second-order valence-corrected chi connectivity index (χ2v) is 8.60. The van der Waals surface area contributed by atoms with Gasteiger partial charge in [-0.25, -0.2) is 14.6 Å². The minimum Gasteiger partial charge on any atom is -0.418 e. The zero-order chi connectivity index (χ0) is 22.6. The molecule has 1 aromatic carbocycles. The van der Waals surface area contributed by atoms with E-state index >= 15 is 0 Å². The number of ether oxygens (including phenoxy) is 2. The molecular weight excluding hydrogens is 416 g/mol. The Morgan fingerprint density at radius 3 is 2.56 bits per heavy atom. The number of carbonyl (C=O) groups excluding carboxylic acids is 2. The van der Waals surface area contributed by atoms with Crippen LogP contribution in [-0.2, 0) is 9.59 Å². The molecule has 0 aliphatic carbocycles. The van der Waals surface area contributed by atoms with Crippen LogP contribution in [-0.4, -0.2) is 68.5 Å². The van der Waals surface area contributed by atoms with Crippen molar-refractivity contribution in [3.8, 4) is 11.6 Å². The number of para-hydroxylation sites is 1. The standard InChI is InChI=1S/C23H24N2O7/c1-2-11-10-25-8-7-12(11)9-15(25)17(26)16-13-5-3-4-6-14(13)24-21-20(16)31-22(29)18(27)19(28)23(30)32-21/h2-6,11-12,15,17-19,26-28H,1,7-10H2/t11-,12+,15+,17+,18?,19?/m1/s1. The number of hydrogen-bond acceptors (Lipinski definition) is 9. The van der Waals surface area contributed by atoms with Gasteiger partial charge in [-0.15, -0.1) is 6.58 Å². The van der Waals surface area contributed by atoms with E-state index < -0.39 is 30.3 Å². The lowest BCUT2D eigenvalue weighted by Gasteiger charge is -2.50. The summed E-state index contributed by atoms with van der Waals surface area (Å²) in [6.45, 7) is 5.54. The highest BCUT2D eigenvalue weighted by Crippen LogP contribution is 2.46. The maximum Gasteiger partial charge on any atom is 0.345 e. The summed E-state index contributed by atoms with van der Waals surface area (Å²) >= 11 is 0. The van der Waals surface area contributed by atoms with Gasteiger partial charge in [0.15, 0.2) is 18.0 Å². The van der Waals surface area contributed by atoms with Gasteiger partial charge in [0.2, 0.25) is 0 Å². The Balaban J connectivity index is 1.64. The largest absolute Gasteiger partial charge is 0.418 e. The number of carbonyl (C=O) groups is 2. The Bertz CT molecular complexity index is 1100. The van der Waals surface area contributed by atoms with Gasteiger partial charge in [0, 0.05) is 23.5 Å². The molecule has 6 rings (SSSR count). The van der Waals surface area contributed by atoms with Crippen LogP contribution in [0.2, 0.25) is 0 Å². The molecule has 32 heavy (non-hydrogen) atoms. The first-order valence-corrected chi connectivity index (χ1v) is 10.7. The molecule has 2 aromatic rings. The lowest BCUT2D eigenvalue weighted by atomic mass is 9.73. The molecule has 3 saturated heterocycles. The first kappa shape index (κ1) is 21.0. The van der Waals surface area contributed by atoms with E-state index in [4.69, 9.17) is 9.47 Å². The third kappa shape index (κ3) is 3.29. The molecule has 3 fully saturated rings. The number of aliphatic hydroxyl groups excluding tert-OH is 3. The third-order valence-electron chi connectivity index (χ3n) is 6.85. The monoisotopic (exact) mass is 440 g/mol. The molecule has 0 radical (unpaired) electrons. The minimum absolute atomic E-state index is 0.219. The van der Waals surface area contributed by atoms with Crippen molar-refractivity contribution < 1.29 is 34.4 Å². The second-order valence-electron chi connectivity index (χ2n) is 8.60. The number of fused-ring (bicyclic) bond motifs is 5. The Morgan fingerprint density at radius 1 is 1.16 bits per heavy atom. The average molecular weight is 440 g/mol. The van der Waals surface area contributed by atoms with Gasteiger partial charge in [-0.1, -0.05) is 24.3 Å². The summed E-state index contributed by atoms with van der Waals surface area (Å²) in [5.74, 6) is -2.25. The maximum atomic E-state index is 12.4. The molecule has 168 valence electrons. The maximum absolute atomic E-state index is 12.4. The van der Waals surface area contributed by atoms with E-state index in [-0.39, 0.29) is 23.2 Å². The van der Waals surface area contributed by atoms with Crippen molar-refractivity contribution in [1.82, 2.24) is 9.88 Å². The number of esters is 2. The first-order chi connectivity index (χ1) is 15.4. The zero-order valence-electron chi connectivity index (χ0n) is 17.3. The van der Waals surface area contributed by atoms with Crippen LogP contribution in [0.25, 0.3) is 10.9 Å². The van der Waals surface area contributed by atoms with Crippen molar-refractivity contribution in [2.45, 2.75) is 37.2 Å². The number of hydrogen-bond donors (Lipinski definition) is 3. The van der Waals surface area contributed by atoms with Crippen molar-refractivity contribution in [2.24, 2.45) is 11.8 Å². The topological polar surface area (TPSA) is 129 Å². The summed E-state index contributed by atoms with van der Waals surface area (Å²) in [5.41, 5.74) is 0.697. The van der Waals surface area contributed by atoms with Crippen LogP contribution in [0.15, 0.2) is 36.9 Å². The van der Waals surface area contributed by atoms with Gasteiger partial charge in [-0.3, -0.25) is 4.90 Å². The molecule has 0 spiro atoms. The second kappa shape index (κ2) is 7.93. The van der Waals surface area contributed by atoms with Crippen LogP contribution in [0.1, 0.15) is 24.5 Å². The molecule has 9 nitrogen and oxygen atoms in total. The van der Waals surface area contributed by atoms with Crippen molar-refractivity contribution in [2.75, 3.05) is 13.1 Å². The van der Waals surface area contributed by atoms with Gasteiger partial charge in [0.25, 0.3) is 5.88 Å². The van der Waals surface area contributed by atoms with Crippen LogP contribution >= 0.6 is 0 Å². The molecule has 2 bridgehead atoms. The smallest absolute Gasteiger partial charge is 0.345 e. The molecular formula is C23H24N2O7. The molecule has 5 heterocycles. The van der Waals surface area contributed by atoms with Gasteiger partial charge in [-0.2, -0.15) is 0 Å². The van der Waals surface area contributed by atoms with Gasteiger partial charge >= 0.3 is 11.9 Å². The molecule has 3 N–H and O–H groups in total. The van der Waals surface area contributed by atoms with Crippen LogP contribution < -0.4 is 9.47 Å². The minimum atomic E-state index is -2.12.